The second-order valence-electron chi connectivity index (χ2n) is 15.2. The predicted octanol–water partition coefficient (Wildman–Crippen LogP) is 7.69. The van der Waals surface area contributed by atoms with E-state index in [1.54, 1.807) is 5.57 Å². The molecule has 2 nitrogen and oxygen atoms in total. The molecule has 4 saturated carbocycles. The van der Waals surface area contributed by atoms with Crippen molar-refractivity contribution in [2.75, 3.05) is 19.8 Å². The Labute approximate surface area is 226 Å². The Hall–Kier alpha value is -1.04. The van der Waals surface area contributed by atoms with Gasteiger partial charge in [-0.2, -0.15) is 0 Å². The number of nitrogens with zero attached hydrogens (tertiary/aromatic N) is 1. The van der Waals surface area contributed by atoms with Gasteiger partial charge in [0.25, 0.3) is 0 Å². The molecule has 2 heteroatoms. The Kier molecular flexibility index (Phi) is 4.74. The van der Waals surface area contributed by atoms with Crippen LogP contribution in [0.4, 0.5) is 0 Å². The first-order chi connectivity index (χ1) is 17.9. The molecule has 10 atom stereocenters. The van der Waals surface area contributed by atoms with Crippen LogP contribution < -0.4 is 0 Å². The largest absolute Gasteiger partial charge is 0.382 e. The maximum atomic E-state index is 6.06. The zero-order valence-corrected chi connectivity index (χ0v) is 24.1. The van der Waals surface area contributed by atoms with E-state index >= 15 is 0 Å². The standard InChI is InChI=1S/C35H49NO/c1-5-37-21-13-27-10-8-17-32(27)22-26(3)34-20-11-25(2)28(34)23-35(32)29-12-19-31(15-7-6-14-30(34,35)4)16-9-18-33(31)24-36(29)33/h12,19,26-27,29H,5,8-11,13-18,20-24H2,1-4H3/t26-,27+,29+,30+,31+,32-,33+,34-,35-,36?/m1/s1. The minimum absolute atomic E-state index is 0.251. The van der Waals surface area contributed by atoms with E-state index in [1.165, 1.54) is 77.2 Å². The number of rotatable bonds is 4. The smallest absolute Gasteiger partial charge is 0.0468 e. The minimum Gasteiger partial charge on any atom is -0.382 e. The van der Waals surface area contributed by atoms with Gasteiger partial charge in [-0.15, -0.1) is 11.8 Å². The lowest BCUT2D eigenvalue weighted by molar-refractivity contribution is -0.210. The molecule has 37 heavy (non-hydrogen) atoms. The number of hydrogen-bond acceptors (Lipinski definition) is 2. The SMILES string of the molecule is CCOCC[C@@H]1CCC[C@@]12C[C@@H](C)[C@]13CCC(C)=C1C[C@]21[C@@H]2C=C[C@]4(CC#CC[C@]13C)CCC[C@]41CN21. The fourth-order valence-electron chi connectivity index (χ4n) is 13.7. The summed E-state index contributed by atoms with van der Waals surface area (Å²) < 4.78 is 6.06. The third-order valence-electron chi connectivity index (χ3n) is 15.0. The van der Waals surface area contributed by atoms with E-state index in [9.17, 15) is 0 Å². The number of ether oxygens (including phenoxy) is 1. The first-order valence-corrected chi connectivity index (χ1v) is 16.1. The minimum atomic E-state index is 0.251. The van der Waals surface area contributed by atoms with Crippen LogP contribution in [0, 0.1) is 50.8 Å². The number of allylic oxidation sites excluding steroid dienone is 2. The maximum Gasteiger partial charge on any atom is 0.0468 e. The molecule has 2 aliphatic heterocycles. The van der Waals surface area contributed by atoms with Crippen LogP contribution >= 0.6 is 0 Å². The van der Waals surface area contributed by atoms with Crippen LogP contribution in [-0.2, 0) is 4.74 Å². The molecule has 0 aromatic rings. The molecule has 4 bridgehead atoms. The average molecular weight is 500 g/mol. The Morgan fingerprint density at radius 1 is 1.11 bits per heavy atom. The fraction of sp³-hybridized carbons (Fsp3) is 0.829. The fourth-order valence-corrected chi connectivity index (χ4v) is 13.7. The van der Waals surface area contributed by atoms with Crippen LogP contribution in [0.1, 0.15) is 111 Å². The highest BCUT2D eigenvalue weighted by Crippen LogP contribution is 2.87. The monoisotopic (exact) mass is 499 g/mol. The molecule has 8 aliphatic rings. The molecule has 0 radical (unpaired) electrons. The van der Waals surface area contributed by atoms with E-state index in [0.717, 1.165) is 37.9 Å². The Morgan fingerprint density at radius 3 is 2.84 bits per heavy atom. The average Bonchev–Trinajstić information content (AvgIpc) is 3.09. The highest BCUT2D eigenvalue weighted by molar-refractivity contribution is 5.49. The Balaban J connectivity index is 1.39. The van der Waals surface area contributed by atoms with Gasteiger partial charge in [0.15, 0.2) is 0 Å². The normalized spacial score (nSPS) is 56.1. The topological polar surface area (TPSA) is 12.2 Å². The lowest BCUT2D eigenvalue weighted by Crippen LogP contribution is -2.68. The summed E-state index contributed by atoms with van der Waals surface area (Å²) in [5.41, 5.74) is 5.78. The summed E-state index contributed by atoms with van der Waals surface area (Å²) >= 11 is 0. The molecular weight excluding hydrogens is 450 g/mol. The van der Waals surface area contributed by atoms with Gasteiger partial charge in [0.05, 0.1) is 0 Å². The van der Waals surface area contributed by atoms with Gasteiger partial charge < -0.3 is 4.74 Å². The second kappa shape index (κ2) is 7.37. The van der Waals surface area contributed by atoms with Crippen LogP contribution in [0.25, 0.3) is 0 Å². The van der Waals surface area contributed by atoms with Crippen molar-refractivity contribution in [3.05, 3.63) is 23.3 Å². The van der Waals surface area contributed by atoms with Gasteiger partial charge in [-0.1, -0.05) is 50.0 Å². The summed E-state index contributed by atoms with van der Waals surface area (Å²) in [5, 5.41) is 0. The van der Waals surface area contributed by atoms with Crippen LogP contribution in [0.5, 0.6) is 0 Å². The first kappa shape index (κ1) is 23.8. The van der Waals surface area contributed by atoms with Crippen molar-refractivity contribution in [3.8, 4) is 11.8 Å². The third-order valence-corrected chi connectivity index (χ3v) is 15.0. The van der Waals surface area contributed by atoms with Gasteiger partial charge in [-0.05, 0) is 94.3 Å². The Morgan fingerprint density at radius 2 is 1.97 bits per heavy atom. The summed E-state index contributed by atoms with van der Waals surface area (Å²) in [6.07, 6.45) is 23.1. The van der Waals surface area contributed by atoms with E-state index < -0.39 is 0 Å². The summed E-state index contributed by atoms with van der Waals surface area (Å²) in [7, 11) is 0. The lowest BCUT2D eigenvalue weighted by Gasteiger charge is -2.70. The highest BCUT2D eigenvalue weighted by Gasteiger charge is 2.84. The number of hydrogen-bond donors (Lipinski definition) is 0. The van der Waals surface area contributed by atoms with Crippen molar-refractivity contribution in [3.63, 3.8) is 0 Å². The Bertz CT molecular complexity index is 1160. The third kappa shape index (κ3) is 2.36. The van der Waals surface area contributed by atoms with Gasteiger partial charge in [0.2, 0.25) is 0 Å². The van der Waals surface area contributed by atoms with Gasteiger partial charge in [0, 0.05) is 60.4 Å². The summed E-state index contributed by atoms with van der Waals surface area (Å²) in [5.74, 6) is 9.44. The van der Waals surface area contributed by atoms with Crippen LogP contribution in [0.15, 0.2) is 23.3 Å². The first-order valence-electron chi connectivity index (χ1n) is 16.1. The van der Waals surface area contributed by atoms with Crippen molar-refractivity contribution in [1.29, 1.82) is 0 Å². The molecule has 0 aromatic carbocycles. The molecule has 0 amide bonds. The zero-order valence-electron chi connectivity index (χ0n) is 24.1. The van der Waals surface area contributed by atoms with E-state index in [-0.39, 0.29) is 5.41 Å². The van der Waals surface area contributed by atoms with Crippen molar-refractivity contribution >= 4 is 0 Å². The molecule has 1 saturated heterocycles. The molecule has 5 fully saturated rings. The van der Waals surface area contributed by atoms with Crippen LogP contribution in [0.3, 0.4) is 0 Å². The molecule has 0 aromatic heterocycles. The summed E-state index contributed by atoms with van der Waals surface area (Å²) in [6, 6.07) is 0.603. The summed E-state index contributed by atoms with van der Waals surface area (Å²) in [6.45, 7) is 13.3. The van der Waals surface area contributed by atoms with Crippen LogP contribution in [0.2, 0.25) is 0 Å². The van der Waals surface area contributed by atoms with Gasteiger partial charge >= 0.3 is 0 Å². The van der Waals surface area contributed by atoms with Crippen LogP contribution in [-0.4, -0.2) is 36.2 Å². The predicted molar refractivity (Wildman–Crippen MR) is 150 cm³/mol. The van der Waals surface area contributed by atoms with Crippen molar-refractivity contribution in [2.24, 2.45) is 38.9 Å². The zero-order chi connectivity index (χ0) is 25.3. The molecule has 4 spiro atoms. The maximum absolute atomic E-state index is 6.06. The molecule has 8 rings (SSSR count). The molecule has 6 aliphatic carbocycles. The van der Waals surface area contributed by atoms with Gasteiger partial charge in [0.1, 0.15) is 0 Å². The van der Waals surface area contributed by atoms with E-state index in [2.05, 4.69) is 56.6 Å². The lowest BCUT2D eigenvalue weighted by atomic mass is 9.35. The number of fused-ring (bicyclic) bond motifs is 2. The van der Waals surface area contributed by atoms with Gasteiger partial charge in [-0.25, -0.2) is 0 Å². The van der Waals surface area contributed by atoms with E-state index in [1.807, 2.05) is 5.57 Å². The molecule has 0 N–H and O–H groups in total. The van der Waals surface area contributed by atoms with E-state index in [4.69, 9.17) is 4.74 Å². The summed E-state index contributed by atoms with van der Waals surface area (Å²) in [4.78, 5) is 3.10. The van der Waals surface area contributed by atoms with Crippen molar-refractivity contribution in [2.45, 2.75) is 123 Å². The quantitative estimate of drug-likeness (QED) is 0.170. The molecule has 200 valence electrons. The highest BCUT2D eigenvalue weighted by atomic mass is 16.5. The van der Waals surface area contributed by atoms with E-state index in [0.29, 0.717) is 33.2 Å². The molecule has 1 unspecified atom stereocenters. The second-order valence-corrected chi connectivity index (χ2v) is 15.2. The molecule has 2 heterocycles. The van der Waals surface area contributed by atoms with Crippen molar-refractivity contribution < 1.29 is 4.74 Å². The van der Waals surface area contributed by atoms with Gasteiger partial charge in [-0.3, -0.25) is 4.90 Å². The van der Waals surface area contributed by atoms with Crippen molar-refractivity contribution in [1.82, 2.24) is 4.90 Å². The molecular formula is C35H49NO.